The fraction of sp³-hybridized carbons (Fsp3) is 0.222. The molecule has 1 unspecified atom stereocenters. The quantitative estimate of drug-likeness (QED) is 0.672. The summed E-state index contributed by atoms with van der Waals surface area (Å²) in [5.41, 5.74) is 2.11. The summed E-state index contributed by atoms with van der Waals surface area (Å²) in [6.45, 7) is -0.0252. The highest BCUT2D eigenvalue weighted by Gasteiger charge is 2.21. The van der Waals surface area contributed by atoms with Crippen molar-refractivity contribution in [3.8, 4) is 0 Å². The van der Waals surface area contributed by atoms with Crippen LogP contribution in [0.2, 0.25) is 5.02 Å². The van der Waals surface area contributed by atoms with Gasteiger partial charge in [-0.25, -0.2) is 4.68 Å². The Labute approximate surface area is 154 Å². The number of hydrogen-bond acceptors (Lipinski definition) is 5. The van der Waals surface area contributed by atoms with E-state index in [0.29, 0.717) is 16.1 Å². The van der Waals surface area contributed by atoms with Gasteiger partial charge < -0.3 is 10.1 Å². The van der Waals surface area contributed by atoms with E-state index in [-0.39, 0.29) is 18.9 Å². The molecule has 0 aliphatic carbocycles. The summed E-state index contributed by atoms with van der Waals surface area (Å²) in [4.78, 5) is 24.3. The number of esters is 1. The molecule has 1 aromatic heterocycles. The highest BCUT2D eigenvalue weighted by atomic mass is 35.5. The summed E-state index contributed by atoms with van der Waals surface area (Å²) in [6, 6.07) is 13.8. The summed E-state index contributed by atoms with van der Waals surface area (Å²) in [5, 5.41) is 11.3. The van der Waals surface area contributed by atoms with Gasteiger partial charge in [0, 0.05) is 5.02 Å². The Morgan fingerprint density at radius 3 is 2.69 bits per heavy atom. The number of amides is 1. The number of rotatable bonds is 6. The Hall–Kier alpha value is -2.93. The van der Waals surface area contributed by atoms with Gasteiger partial charge in [0.1, 0.15) is 12.1 Å². The Bertz CT molecular complexity index is 941. The van der Waals surface area contributed by atoms with Crippen molar-refractivity contribution in [1.29, 1.82) is 0 Å². The van der Waals surface area contributed by atoms with Crippen molar-refractivity contribution < 1.29 is 14.3 Å². The van der Waals surface area contributed by atoms with E-state index in [1.54, 1.807) is 24.3 Å². The normalized spacial score (nSPS) is 11.9. The van der Waals surface area contributed by atoms with Crippen LogP contribution in [-0.4, -0.2) is 34.0 Å². The van der Waals surface area contributed by atoms with E-state index in [0.717, 1.165) is 5.52 Å². The molecular formula is C18H17ClN4O3. The van der Waals surface area contributed by atoms with Gasteiger partial charge in [-0.3, -0.25) is 9.59 Å². The zero-order chi connectivity index (χ0) is 18.5. The van der Waals surface area contributed by atoms with Crippen molar-refractivity contribution in [2.45, 2.75) is 19.0 Å². The molecule has 2 aromatic carbocycles. The first-order valence-corrected chi connectivity index (χ1v) is 8.35. The minimum absolute atomic E-state index is 0.0237. The molecule has 0 fully saturated rings. The number of hydrogen-bond donors (Lipinski definition) is 1. The van der Waals surface area contributed by atoms with Gasteiger partial charge in [-0.15, -0.1) is 5.10 Å². The second-order valence-electron chi connectivity index (χ2n) is 5.66. The molecule has 1 heterocycles. The number of nitrogens with zero attached hydrogens (tertiary/aromatic N) is 3. The van der Waals surface area contributed by atoms with E-state index >= 15 is 0 Å². The fourth-order valence-corrected chi connectivity index (χ4v) is 2.92. The lowest BCUT2D eigenvalue weighted by Crippen LogP contribution is -2.33. The predicted molar refractivity (Wildman–Crippen MR) is 96.5 cm³/mol. The lowest BCUT2D eigenvalue weighted by atomic mass is 10.0. The van der Waals surface area contributed by atoms with E-state index in [1.807, 2.05) is 24.3 Å². The molecule has 0 saturated heterocycles. The number of ether oxygens (including phenoxy) is 1. The third-order valence-electron chi connectivity index (χ3n) is 3.93. The highest BCUT2D eigenvalue weighted by Crippen LogP contribution is 2.25. The predicted octanol–water partition coefficient (Wildman–Crippen LogP) is 2.51. The largest absolute Gasteiger partial charge is 0.469 e. The van der Waals surface area contributed by atoms with E-state index in [2.05, 4.69) is 15.6 Å². The van der Waals surface area contributed by atoms with Crippen LogP contribution < -0.4 is 5.32 Å². The van der Waals surface area contributed by atoms with E-state index in [1.165, 1.54) is 11.8 Å². The summed E-state index contributed by atoms with van der Waals surface area (Å²) < 4.78 is 6.23. The van der Waals surface area contributed by atoms with Crippen LogP contribution in [0, 0.1) is 0 Å². The average molecular weight is 373 g/mol. The van der Waals surface area contributed by atoms with Gasteiger partial charge in [0.25, 0.3) is 0 Å². The Kier molecular flexibility index (Phi) is 5.48. The molecular weight excluding hydrogens is 356 g/mol. The molecule has 26 heavy (non-hydrogen) atoms. The van der Waals surface area contributed by atoms with Gasteiger partial charge in [-0.05, 0) is 23.8 Å². The maximum atomic E-state index is 12.5. The summed E-state index contributed by atoms with van der Waals surface area (Å²) in [6.07, 6.45) is -0.0237. The summed E-state index contributed by atoms with van der Waals surface area (Å²) >= 11 is 6.22. The molecule has 7 nitrogen and oxygen atoms in total. The molecule has 1 atom stereocenters. The number of para-hydroxylation sites is 1. The van der Waals surface area contributed by atoms with Crippen LogP contribution >= 0.6 is 11.6 Å². The van der Waals surface area contributed by atoms with Gasteiger partial charge >= 0.3 is 5.97 Å². The van der Waals surface area contributed by atoms with Gasteiger partial charge in [0.05, 0.1) is 25.1 Å². The van der Waals surface area contributed by atoms with Crippen LogP contribution in [0.4, 0.5) is 0 Å². The Balaban J connectivity index is 1.78. The van der Waals surface area contributed by atoms with Crippen molar-refractivity contribution in [2.75, 3.05) is 7.11 Å². The molecule has 0 saturated carbocycles. The van der Waals surface area contributed by atoms with Crippen molar-refractivity contribution in [3.63, 3.8) is 0 Å². The molecule has 0 aliphatic rings. The number of fused-ring (bicyclic) bond motifs is 1. The minimum Gasteiger partial charge on any atom is -0.469 e. The van der Waals surface area contributed by atoms with Crippen molar-refractivity contribution in [3.05, 3.63) is 59.1 Å². The molecule has 0 radical (unpaired) electrons. The van der Waals surface area contributed by atoms with Gasteiger partial charge in [0.2, 0.25) is 5.91 Å². The standard InChI is InChI=1S/C18H17ClN4O3/c1-26-18(25)10-15(12-6-2-3-7-13(12)19)20-17(24)11-23-16-9-5-4-8-14(16)21-22-23/h2-9,15H,10-11H2,1H3,(H,20,24). The third kappa shape index (κ3) is 4.00. The molecule has 8 heteroatoms. The van der Waals surface area contributed by atoms with Crippen molar-refractivity contribution in [1.82, 2.24) is 20.3 Å². The number of carbonyl (C=O) groups is 2. The summed E-state index contributed by atoms with van der Waals surface area (Å²) in [7, 11) is 1.30. The first-order valence-electron chi connectivity index (χ1n) is 7.97. The van der Waals surface area contributed by atoms with Crippen LogP contribution in [0.15, 0.2) is 48.5 Å². The van der Waals surface area contributed by atoms with Crippen molar-refractivity contribution in [2.24, 2.45) is 0 Å². The van der Waals surface area contributed by atoms with Crippen LogP contribution in [0.5, 0.6) is 0 Å². The number of aromatic nitrogens is 3. The second kappa shape index (κ2) is 7.97. The monoisotopic (exact) mass is 372 g/mol. The fourth-order valence-electron chi connectivity index (χ4n) is 2.66. The first kappa shape index (κ1) is 17.9. The highest BCUT2D eigenvalue weighted by molar-refractivity contribution is 6.31. The molecule has 0 aliphatic heterocycles. The average Bonchev–Trinajstić information content (AvgIpc) is 3.04. The number of halogens is 1. The third-order valence-corrected chi connectivity index (χ3v) is 4.27. The van der Waals surface area contributed by atoms with Crippen LogP contribution in [-0.2, 0) is 20.9 Å². The Morgan fingerprint density at radius 2 is 1.92 bits per heavy atom. The van der Waals surface area contributed by atoms with Crippen molar-refractivity contribution >= 4 is 34.5 Å². The second-order valence-corrected chi connectivity index (χ2v) is 6.06. The van der Waals surface area contributed by atoms with E-state index in [9.17, 15) is 9.59 Å². The van der Waals surface area contributed by atoms with Crippen LogP contribution in [0.25, 0.3) is 11.0 Å². The lowest BCUT2D eigenvalue weighted by Gasteiger charge is -2.19. The number of benzene rings is 2. The summed E-state index contributed by atoms with van der Waals surface area (Å²) in [5.74, 6) is -0.754. The maximum Gasteiger partial charge on any atom is 0.307 e. The topological polar surface area (TPSA) is 86.1 Å². The number of methoxy groups -OCH3 is 1. The lowest BCUT2D eigenvalue weighted by molar-refractivity contribution is -0.141. The SMILES string of the molecule is COC(=O)CC(NC(=O)Cn1nnc2ccccc21)c1ccccc1Cl. The molecule has 1 amide bonds. The smallest absolute Gasteiger partial charge is 0.307 e. The Morgan fingerprint density at radius 1 is 1.19 bits per heavy atom. The van der Waals surface area contributed by atoms with Gasteiger partial charge in [-0.1, -0.05) is 47.1 Å². The van der Waals surface area contributed by atoms with Gasteiger partial charge in [0.15, 0.2) is 0 Å². The zero-order valence-corrected chi connectivity index (χ0v) is 14.8. The molecule has 3 aromatic rings. The minimum atomic E-state index is -0.599. The molecule has 0 spiro atoms. The van der Waals surface area contributed by atoms with Crippen LogP contribution in [0.3, 0.4) is 0 Å². The molecule has 0 bridgehead atoms. The maximum absolute atomic E-state index is 12.5. The number of carbonyl (C=O) groups excluding carboxylic acids is 2. The van der Waals surface area contributed by atoms with Gasteiger partial charge in [-0.2, -0.15) is 0 Å². The molecule has 134 valence electrons. The number of nitrogens with one attached hydrogen (secondary N) is 1. The zero-order valence-electron chi connectivity index (χ0n) is 14.1. The van der Waals surface area contributed by atoms with Crippen LogP contribution in [0.1, 0.15) is 18.0 Å². The van der Waals surface area contributed by atoms with E-state index < -0.39 is 12.0 Å². The van der Waals surface area contributed by atoms with E-state index in [4.69, 9.17) is 16.3 Å². The molecule has 1 N–H and O–H groups in total. The first-order chi connectivity index (χ1) is 12.6. The molecule has 3 rings (SSSR count).